The number of nitrogens with one attached hydrogen (secondary N) is 1. The molecule has 0 amide bonds. The maximum absolute atomic E-state index is 3.52. The second-order valence-electron chi connectivity index (χ2n) is 5.67. The fourth-order valence-electron chi connectivity index (χ4n) is 3.18. The molecule has 0 aromatic rings. The van der Waals surface area contributed by atoms with Gasteiger partial charge in [-0.15, -0.1) is 0 Å². The molecule has 15 heavy (non-hydrogen) atoms. The van der Waals surface area contributed by atoms with E-state index in [-0.39, 0.29) is 0 Å². The molecule has 1 unspecified atom stereocenters. The van der Waals surface area contributed by atoms with Crippen LogP contribution in [0.1, 0.15) is 64.2 Å². The summed E-state index contributed by atoms with van der Waals surface area (Å²) in [4.78, 5) is 0. The lowest BCUT2D eigenvalue weighted by molar-refractivity contribution is 0.363. The van der Waals surface area contributed by atoms with Crippen LogP contribution in [0.15, 0.2) is 0 Å². The SMILES string of the molecule is CNC(CCC1CCCCCC1)C1CC1. The average Bonchev–Trinajstić information content (AvgIpc) is 3.05. The molecule has 0 heterocycles. The van der Waals surface area contributed by atoms with E-state index in [1.807, 2.05) is 0 Å². The minimum Gasteiger partial charge on any atom is -0.317 e. The van der Waals surface area contributed by atoms with Gasteiger partial charge in [-0.05, 0) is 44.6 Å². The van der Waals surface area contributed by atoms with Gasteiger partial charge in [0.15, 0.2) is 0 Å². The standard InChI is InChI=1S/C14H27N/c1-15-14(13-9-10-13)11-8-12-6-4-2-3-5-7-12/h12-15H,2-11H2,1H3. The van der Waals surface area contributed by atoms with Crippen molar-refractivity contribution in [2.75, 3.05) is 7.05 Å². The van der Waals surface area contributed by atoms with Gasteiger partial charge in [-0.25, -0.2) is 0 Å². The molecule has 2 fully saturated rings. The third-order valence-corrected chi connectivity index (χ3v) is 4.42. The largest absolute Gasteiger partial charge is 0.317 e. The molecular formula is C14H27N. The predicted octanol–water partition coefficient (Wildman–Crippen LogP) is 3.74. The van der Waals surface area contributed by atoms with Crippen LogP contribution in [0, 0.1) is 11.8 Å². The molecule has 1 heteroatoms. The molecule has 0 spiro atoms. The molecule has 0 saturated heterocycles. The van der Waals surface area contributed by atoms with Crippen molar-refractivity contribution in [2.45, 2.75) is 70.3 Å². The quantitative estimate of drug-likeness (QED) is 0.680. The molecule has 88 valence electrons. The summed E-state index contributed by atoms with van der Waals surface area (Å²) in [5, 5.41) is 3.52. The normalized spacial score (nSPS) is 26.2. The predicted molar refractivity (Wildman–Crippen MR) is 66.0 cm³/mol. The van der Waals surface area contributed by atoms with E-state index >= 15 is 0 Å². The molecular weight excluding hydrogens is 182 g/mol. The second kappa shape index (κ2) is 5.89. The maximum atomic E-state index is 3.52. The summed E-state index contributed by atoms with van der Waals surface area (Å²) in [5.74, 6) is 2.09. The molecule has 0 radical (unpaired) electrons. The van der Waals surface area contributed by atoms with E-state index in [2.05, 4.69) is 12.4 Å². The molecule has 0 aromatic heterocycles. The van der Waals surface area contributed by atoms with Crippen LogP contribution in [-0.4, -0.2) is 13.1 Å². The van der Waals surface area contributed by atoms with E-state index in [9.17, 15) is 0 Å². The summed E-state index contributed by atoms with van der Waals surface area (Å²) in [6.07, 6.45) is 14.9. The van der Waals surface area contributed by atoms with Crippen molar-refractivity contribution in [1.29, 1.82) is 0 Å². The average molecular weight is 209 g/mol. The van der Waals surface area contributed by atoms with Crippen molar-refractivity contribution in [3.8, 4) is 0 Å². The Morgan fingerprint density at radius 1 is 1.00 bits per heavy atom. The van der Waals surface area contributed by atoms with Gasteiger partial charge in [-0.1, -0.05) is 38.5 Å². The van der Waals surface area contributed by atoms with Crippen LogP contribution in [0.4, 0.5) is 0 Å². The molecule has 1 nitrogen and oxygen atoms in total. The Morgan fingerprint density at radius 3 is 2.20 bits per heavy atom. The third-order valence-electron chi connectivity index (χ3n) is 4.42. The molecule has 0 aromatic carbocycles. The van der Waals surface area contributed by atoms with Gasteiger partial charge in [0.25, 0.3) is 0 Å². The zero-order valence-corrected chi connectivity index (χ0v) is 10.3. The Hall–Kier alpha value is -0.0400. The summed E-state index contributed by atoms with van der Waals surface area (Å²) in [6.45, 7) is 0. The fourth-order valence-corrected chi connectivity index (χ4v) is 3.18. The minimum atomic E-state index is 0.841. The molecule has 0 aliphatic heterocycles. The van der Waals surface area contributed by atoms with E-state index in [4.69, 9.17) is 0 Å². The fraction of sp³-hybridized carbons (Fsp3) is 1.00. The zero-order valence-electron chi connectivity index (χ0n) is 10.3. The molecule has 2 aliphatic carbocycles. The van der Waals surface area contributed by atoms with Crippen molar-refractivity contribution < 1.29 is 0 Å². The molecule has 1 atom stereocenters. The van der Waals surface area contributed by atoms with Crippen molar-refractivity contribution in [2.24, 2.45) is 11.8 Å². The van der Waals surface area contributed by atoms with Crippen molar-refractivity contribution in [3.63, 3.8) is 0 Å². The summed E-state index contributed by atoms with van der Waals surface area (Å²) in [6, 6.07) is 0.841. The van der Waals surface area contributed by atoms with Crippen molar-refractivity contribution in [3.05, 3.63) is 0 Å². The highest BCUT2D eigenvalue weighted by molar-refractivity contribution is 4.86. The van der Waals surface area contributed by atoms with Crippen molar-refractivity contribution >= 4 is 0 Å². The minimum absolute atomic E-state index is 0.841. The molecule has 1 N–H and O–H groups in total. The molecule has 2 saturated carbocycles. The summed E-state index contributed by atoms with van der Waals surface area (Å²) >= 11 is 0. The first-order chi connectivity index (χ1) is 7.40. The maximum Gasteiger partial charge on any atom is 0.00924 e. The van der Waals surface area contributed by atoms with Crippen LogP contribution < -0.4 is 5.32 Å². The molecule has 2 rings (SSSR count). The highest BCUT2D eigenvalue weighted by Crippen LogP contribution is 2.36. The van der Waals surface area contributed by atoms with Gasteiger partial charge < -0.3 is 5.32 Å². The van der Waals surface area contributed by atoms with Crippen LogP contribution in [0.3, 0.4) is 0 Å². The van der Waals surface area contributed by atoms with Gasteiger partial charge in [-0.3, -0.25) is 0 Å². The van der Waals surface area contributed by atoms with E-state index < -0.39 is 0 Å². The van der Waals surface area contributed by atoms with Gasteiger partial charge in [0.1, 0.15) is 0 Å². The summed E-state index contributed by atoms with van der Waals surface area (Å²) in [5.41, 5.74) is 0. The number of hydrogen-bond donors (Lipinski definition) is 1. The van der Waals surface area contributed by atoms with E-state index in [1.54, 1.807) is 0 Å². The first kappa shape index (κ1) is 11.4. The molecule has 0 bridgehead atoms. The van der Waals surface area contributed by atoms with E-state index in [0.717, 1.165) is 17.9 Å². The van der Waals surface area contributed by atoms with Crippen LogP contribution >= 0.6 is 0 Å². The Morgan fingerprint density at radius 2 is 1.67 bits per heavy atom. The van der Waals surface area contributed by atoms with E-state index in [1.165, 1.54) is 64.2 Å². The molecule has 2 aliphatic rings. The first-order valence-corrected chi connectivity index (χ1v) is 7.07. The van der Waals surface area contributed by atoms with Crippen LogP contribution in [-0.2, 0) is 0 Å². The number of rotatable bonds is 5. The van der Waals surface area contributed by atoms with Gasteiger partial charge in [0.2, 0.25) is 0 Å². The Kier molecular flexibility index (Phi) is 4.49. The van der Waals surface area contributed by atoms with Gasteiger partial charge in [-0.2, -0.15) is 0 Å². The lowest BCUT2D eigenvalue weighted by Gasteiger charge is -2.19. The monoisotopic (exact) mass is 209 g/mol. The van der Waals surface area contributed by atoms with Gasteiger partial charge in [0.05, 0.1) is 0 Å². The van der Waals surface area contributed by atoms with Crippen LogP contribution in [0.25, 0.3) is 0 Å². The Labute approximate surface area is 95.0 Å². The highest BCUT2D eigenvalue weighted by atomic mass is 14.9. The Balaban J connectivity index is 1.66. The lowest BCUT2D eigenvalue weighted by atomic mass is 9.92. The van der Waals surface area contributed by atoms with Crippen LogP contribution in [0.5, 0.6) is 0 Å². The third kappa shape index (κ3) is 3.79. The van der Waals surface area contributed by atoms with Gasteiger partial charge >= 0.3 is 0 Å². The van der Waals surface area contributed by atoms with Crippen LogP contribution in [0.2, 0.25) is 0 Å². The highest BCUT2D eigenvalue weighted by Gasteiger charge is 2.30. The van der Waals surface area contributed by atoms with Gasteiger partial charge in [0, 0.05) is 6.04 Å². The smallest absolute Gasteiger partial charge is 0.00924 e. The first-order valence-electron chi connectivity index (χ1n) is 7.07. The number of hydrogen-bond acceptors (Lipinski definition) is 1. The zero-order chi connectivity index (χ0) is 10.5. The lowest BCUT2D eigenvalue weighted by Crippen LogP contribution is -2.27. The van der Waals surface area contributed by atoms with E-state index in [0.29, 0.717) is 0 Å². The van der Waals surface area contributed by atoms with Crippen molar-refractivity contribution in [1.82, 2.24) is 5.32 Å². The summed E-state index contributed by atoms with van der Waals surface area (Å²) < 4.78 is 0. The summed E-state index contributed by atoms with van der Waals surface area (Å²) in [7, 11) is 2.15. The second-order valence-corrected chi connectivity index (χ2v) is 5.67. The Bertz CT molecular complexity index is 166. The topological polar surface area (TPSA) is 12.0 Å².